The summed E-state index contributed by atoms with van der Waals surface area (Å²) in [7, 11) is 2.03. The molecule has 0 N–H and O–H groups in total. The third kappa shape index (κ3) is 1.82. The number of hydrogen-bond acceptors (Lipinski definition) is 3. The van der Waals surface area contributed by atoms with E-state index >= 15 is 0 Å². The highest BCUT2D eigenvalue weighted by Crippen LogP contribution is 2.52. The predicted molar refractivity (Wildman–Crippen MR) is 93.6 cm³/mol. The summed E-state index contributed by atoms with van der Waals surface area (Å²) in [6.45, 7) is 14.7. The SMILES string of the molecule is C=C(CC)C1(C)C(=C)N(C)c2cc3c(Cl)nc(C)nc3cc21. The zero-order valence-electron chi connectivity index (χ0n) is 13.5. The molecule has 0 saturated heterocycles. The average molecular weight is 314 g/mol. The molecule has 0 fully saturated rings. The van der Waals surface area contributed by atoms with Gasteiger partial charge in [-0.15, -0.1) is 0 Å². The second-order valence-corrected chi connectivity index (χ2v) is 6.39. The molecule has 114 valence electrons. The molecule has 0 bridgehead atoms. The predicted octanol–water partition coefficient (Wildman–Crippen LogP) is 4.78. The second-order valence-electron chi connectivity index (χ2n) is 6.04. The third-order valence-corrected chi connectivity index (χ3v) is 5.18. The maximum Gasteiger partial charge on any atom is 0.140 e. The van der Waals surface area contributed by atoms with Gasteiger partial charge in [0, 0.05) is 23.8 Å². The number of aryl methyl sites for hydroxylation is 1. The molecule has 1 atom stereocenters. The first kappa shape index (κ1) is 15.0. The van der Waals surface area contributed by atoms with Crippen molar-refractivity contribution in [2.45, 2.75) is 32.6 Å². The summed E-state index contributed by atoms with van der Waals surface area (Å²) in [5.41, 5.74) is 5.08. The molecule has 0 amide bonds. The van der Waals surface area contributed by atoms with Gasteiger partial charge in [-0.2, -0.15) is 0 Å². The summed E-state index contributed by atoms with van der Waals surface area (Å²) in [5.74, 6) is 0.679. The number of benzene rings is 1. The Hall–Kier alpha value is -1.87. The van der Waals surface area contributed by atoms with E-state index in [-0.39, 0.29) is 5.41 Å². The fourth-order valence-electron chi connectivity index (χ4n) is 3.30. The summed E-state index contributed by atoms with van der Waals surface area (Å²) in [4.78, 5) is 10.9. The van der Waals surface area contributed by atoms with Crippen LogP contribution in [0.5, 0.6) is 0 Å². The van der Waals surface area contributed by atoms with Gasteiger partial charge in [0.05, 0.1) is 10.9 Å². The first-order chi connectivity index (χ1) is 10.3. The van der Waals surface area contributed by atoms with Crippen molar-refractivity contribution in [3.63, 3.8) is 0 Å². The summed E-state index contributed by atoms with van der Waals surface area (Å²) in [5, 5.41) is 1.37. The van der Waals surface area contributed by atoms with E-state index in [9.17, 15) is 0 Å². The van der Waals surface area contributed by atoms with Crippen molar-refractivity contribution in [3.05, 3.63) is 53.1 Å². The first-order valence-corrected chi connectivity index (χ1v) is 7.78. The van der Waals surface area contributed by atoms with Gasteiger partial charge in [0.2, 0.25) is 0 Å². The monoisotopic (exact) mass is 313 g/mol. The van der Waals surface area contributed by atoms with Crippen molar-refractivity contribution in [1.82, 2.24) is 9.97 Å². The molecule has 1 aromatic heterocycles. The van der Waals surface area contributed by atoms with Gasteiger partial charge < -0.3 is 4.90 Å². The van der Waals surface area contributed by atoms with Crippen LogP contribution in [0.1, 0.15) is 31.7 Å². The van der Waals surface area contributed by atoms with Gasteiger partial charge in [0.25, 0.3) is 0 Å². The Bertz CT molecular complexity index is 825. The normalized spacial score (nSPS) is 20.6. The molecule has 1 aromatic carbocycles. The molecule has 1 aliphatic heterocycles. The van der Waals surface area contributed by atoms with Gasteiger partial charge >= 0.3 is 0 Å². The van der Waals surface area contributed by atoms with E-state index in [0.717, 1.165) is 34.3 Å². The Balaban J connectivity index is 2.37. The van der Waals surface area contributed by atoms with Gasteiger partial charge in [-0.25, -0.2) is 9.97 Å². The van der Waals surface area contributed by atoms with E-state index in [1.165, 1.54) is 5.56 Å². The zero-order valence-corrected chi connectivity index (χ0v) is 14.3. The minimum absolute atomic E-state index is 0.266. The minimum atomic E-state index is -0.266. The highest BCUT2D eigenvalue weighted by atomic mass is 35.5. The van der Waals surface area contributed by atoms with E-state index < -0.39 is 0 Å². The molecular formula is C18H20ClN3. The van der Waals surface area contributed by atoms with Crippen molar-refractivity contribution < 1.29 is 0 Å². The van der Waals surface area contributed by atoms with E-state index in [1.54, 1.807) is 0 Å². The van der Waals surface area contributed by atoms with Gasteiger partial charge in [-0.1, -0.05) is 37.3 Å². The molecule has 2 aromatic rings. The van der Waals surface area contributed by atoms with Crippen molar-refractivity contribution >= 4 is 28.2 Å². The molecule has 1 aliphatic rings. The van der Waals surface area contributed by atoms with Crippen LogP contribution in [0, 0.1) is 6.92 Å². The van der Waals surface area contributed by atoms with Crippen LogP contribution in [0.2, 0.25) is 5.15 Å². The minimum Gasteiger partial charge on any atom is -0.347 e. The number of fused-ring (bicyclic) bond motifs is 2. The lowest BCUT2D eigenvalue weighted by Gasteiger charge is -2.29. The first-order valence-electron chi connectivity index (χ1n) is 7.40. The van der Waals surface area contributed by atoms with Gasteiger partial charge in [-0.3, -0.25) is 0 Å². The molecule has 4 heteroatoms. The third-order valence-electron chi connectivity index (χ3n) is 4.89. The number of rotatable bonds is 2. The summed E-state index contributed by atoms with van der Waals surface area (Å²) < 4.78 is 0. The van der Waals surface area contributed by atoms with Crippen molar-refractivity contribution in [2.24, 2.45) is 0 Å². The number of hydrogen-bond donors (Lipinski definition) is 0. The second kappa shape index (κ2) is 4.82. The van der Waals surface area contributed by atoms with Crippen LogP contribution in [0.15, 0.2) is 36.6 Å². The molecule has 0 spiro atoms. The standard InChI is InChI=1S/C18H20ClN3/c1-7-10(2)18(5)11(3)22(6)16-8-13-15(9-14(16)18)20-12(4)21-17(13)19/h8-9H,2-3,7H2,1,4-6H3. The van der Waals surface area contributed by atoms with Gasteiger partial charge in [0.15, 0.2) is 0 Å². The van der Waals surface area contributed by atoms with Crippen LogP contribution in [-0.4, -0.2) is 17.0 Å². The van der Waals surface area contributed by atoms with Crippen LogP contribution in [0.25, 0.3) is 10.9 Å². The largest absolute Gasteiger partial charge is 0.347 e. The number of likely N-dealkylation sites (N-methyl/N-ethyl adjacent to an activating group) is 1. The molecule has 0 aliphatic carbocycles. The summed E-state index contributed by atoms with van der Waals surface area (Å²) >= 11 is 6.30. The lowest BCUT2D eigenvalue weighted by molar-refractivity contribution is 0.653. The highest BCUT2D eigenvalue weighted by Gasteiger charge is 2.43. The van der Waals surface area contributed by atoms with Crippen LogP contribution >= 0.6 is 11.6 Å². The molecule has 22 heavy (non-hydrogen) atoms. The Morgan fingerprint density at radius 2 is 2.05 bits per heavy atom. The number of allylic oxidation sites excluding steroid dienone is 1. The van der Waals surface area contributed by atoms with Crippen LogP contribution < -0.4 is 4.90 Å². The Morgan fingerprint density at radius 3 is 2.68 bits per heavy atom. The fraction of sp³-hybridized carbons (Fsp3) is 0.333. The highest BCUT2D eigenvalue weighted by molar-refractivity contribution is 6.34. The number of aromatic nitrogens is 2. The topological polar surface area (TPSA) is 29.0 Å². The number of nitrogens with zero attached hydrogens (tertiary/aromatic N) is 3. The van der Waals surface area contributed by atoms with E-state index in [2.05, 4.69) is 54.0 Å². The molecular weight excluding hydrogens is 294 g/mol. The van der Waals surface area contributed by atoms with Crippen molar-refractivity contribution in [2.75, 3.05) is 11.9 Å². The van der Waals surface area contributed by atoms with Gasteiger partial charge in [0.1, 0.15) is 11.0 Å². The summed E-state index contributed by atoms with van der Waals surface area (Å²) in [6, 6.07) is 4.17. The Kier molecular flexibility index (Phi) is 3.29. The number of anilines is 1. The van der Waals surface area contributed by atoms with Crippen molar-refractivity contribution in [3.8, 4) is 0 Å². The molecule has 3 nitrogen and oxygen atoms in total. The quantitative estimate of drug-likeness (QED) is 0.590. The molecule has 0 saturated carbocycles. The molecule has 1 unspecified atom stereocenters. The maximum atomic E-state index is 6.30. The van der Waals surface area contributed by atoms with Crippen molar-refractivity contribution in [1.29, 1.82) is 0 Å². The lowest BCUT2D eigenvalue weighted by atomic mass is 9.75. The molecule has 2 heterocycles. The van der Waals surface area contributed by atoms with Gasteiger partial charge in [-0.05, 0) is 38.0 Å². The smallest absolute Gasteiger partial charge is 0.140 e. The van der Waals surface area contributed by atoms with Crippen LogP contribution in [-0.2, 0) is 5.41 Å². The molecule has 3 rings (SSSR count). The maximum absolute atomic E-state index is 6.30. The Morgan fingerprint density at radius 1 is 1.36 bits per heavy atom. The average Bonchev–Trinajstić information content (AvgIpc) is 2.67. The van der Waals surface area contributed by atoms with Crippen LogP contribution in [0.3, 0.4) is 0 Å². The fourth-order valence-corrected chi connectivity index (χ4v) is 3.57. The lowest BCUT2D eigenvalue weighted by Crippen LogP contribution is -2.27. The van der Waals surface area contributed by atoms with E-state index in [1.807, 2.05) is 14.0 Å². The Labute approximate surface area is 136 Å². The summed E-state index contributed by atoms with van der Waals surface area (Å²) in [6.07, 6.45) is 0.907. The zero-order chi connectivity index (χ0) is 16.2. The molecule has 0 radical (unpaired) electrons. The van der Waals surface area contributed by atoms with E-state index in [4.69, 9.17) is 11.6 Å². The van der Waals surface area contributed by atoms with Crippen LogP contribution in [0.4, 0.5) is 5.69 Å². The number of halogens is 1. The van der Waals surface area contributed by atoms with E-state index in [0.29, 0.717) is 11.0 Å².